The Hall–Kier alpha value is -0.530. The molecule has 1 rings (SSSR count). The van der Waals surface area contributed by atoms with Crippen molar-refractivity contribution in [1.29, 1.82) is 0 Å². The quantitative estimate of drug-likeness (QED) is 0.811. The molecule has 2 heteroatoms. The maximum absolute atomic E-state index is 10.3. The second-order valence-corrected chi connectivity index (χ2v) is 4.13. The van der Waals surface area contributed by atoms with Crippen LogP contribution in [0, 0.1) is 6.92 Å². The lowest BCUT2D eigenvalue weighted by atomic mass is 9.86. The summed E-state index contributed by atoms with van der Waals surface area (Å²) in [6.45, 7) is 5.98. The number of aryl methyl sites for hydroxylation is 1. The normalized spacial score (nSPS) is 11.8. The highest BCUT2D eigenvalue weighted by Crippen LogP contribution is 2.31. The van der Waals surface area contributed by atoms with Gasteiger partial charge in [-0.15, -0.1) is 0 Å². The first-order chi connectivity index (χ1) is 6.53. The first-order valence-electron chi connectivity index (χ1n) is 5.02. The van der Waals surface area contributed by atoms with E-state index < -0.39 is 5.60 Å². The molecule has 14 heavy (non-hydrogen) atoms. The van der Waals surface area contributed by atoms with E-state index >= 15 is 0 Å². The Morgan fingerprint density at radius 2 is 1.86 bits per heavy atom. The van der Waals surface area contributed by atoms with Gasteiger partial charge in [-0.3, -0.25) is 0 Å². The van der Waals surface area contributed by atoms with Crippen LogP contribution in [0.2, 0.25) is 5.02 Å². The number of rotatable bonds is 3. The van der Waals surface area contributed by atoms with E-state index in [2.05, 4.69) is 0 Å². The minimum atomic E-state index is -0.700. The van der Waals surface area contributed by atoms with Gasteiger partial charge < -0.3 is 5.11 Å². The van der Waals surface area contributed by atoms with Gasteiger partial charge in [0.25, 0.3) is 0 Å². The van der Waals surface area contributed by atoms with Crippen molar-refractivity contribution in [3.63, 3.8) is 0 Å². The van der Waals surface area contributed by atoms with Crippen molar-refractivity contribution in [2.45, 2.75) is 39.2 Å². The molecule has 0 aromatic heterocycles. The summed E-state index contributed by atoms with van der Waals surface area (Å²) in [6, 6.07) is 5.65. The lowest BCUT2D eigenvalue weighted by molar-refractivity contribution is 0.0278. The van der Waals surface area contributed by atoms with Crippen LogP contribution in [0.4, 0.5) is 0 Å². The summed E-state index contributed by atoms with van der Waals surface area (Å²) in [6.07, 6.45) is 1.46. The average molecular weight is 213 g/mol. The highest BCUT2D eigenvalue weighted by Gasteiger charge is 2.26. The minimum absolute atomic E-state index is 0.700. The first-order valence-corrected chi connectivity index (χ1v) is 5.40. The summed E-state index contributed by atoms with van der Waals surface area (Å²) >= 11 is 5.87. The molecule has 0 aliphatic rings. The second-order valence-electron chi connectivity index (χ2n) is 3.70. The van der Waals surface area contributed by atoms with Crippen LogP contribution in [0.15, 0.2) is 18.2 Å². The Bertz CT molecular complexity index is 316. The summed E-state index contributed by atoms with van der Waals surface area (Å²) in [7, 11) is 0. The van der Waals surface area contributed by atoms with Crippen molar-refractivity contribution >= 4 is 11.6 Å². The molecule has 1 nitrogen and oxygen atoms in total. The fourth-order valence-corrected chi connectivity index (χ4v) is 2.01. The Kier molecular flexibility index (Phi) is 3.57. The third-order valence-corrected chi connectivity index (χ3v) is 3.09. The lowest BCUT2D eigenvalue weighted by Crippen LogP contribution is -2.24. The van der Waals surface area contributed by atoms with Crippen molar-refractivity contribution in [3.8, 4) is 0 Å². The standard InChI is InChI=1S/C12H17ClO/c1-4-12(14,5-2)11-7-6-10(13)8-9(11)3/h6-8,14H,4-5H2,1-3H3. The van der Waals surface area contributed by atoms with Crippen LogP contribution >= 0.6 is 11.6 Å². The van der Waals surface area contributed by atoms with Gasteiger partial charge in [-0.25, -0.2) is 0 Å². The summed E-state index contributed by atoms with van der Waals surface area (Å²) in [5.74, 6) is 0. The second kappa shape index (κ2) is 4.33. The molecule has 1 aromatic carbocycles. The fourth-order valence-electron chi connectivity index (χ4n) is 1.78. The van der Waals surface area contributed by atoms with Crippen LogP contribution in [-0.4, -0.2) is 5.11 Å². The van der Waals surface area contributed by atoms with Crippen molar-refractivity contribution in [2.75, 3.05) is 0 Å². The van der Waals surface area contributed by atoms with Gasteiger partial charge in [0.15, 0.2) is 0 Å². The molecule has 78 valence electrons. The zero-order valence-electron chi connectivity index (χ0n) is 8.97. The van der Waals surface area contributed by atoms with E-state index in [-0.39, 0.29) is 0 Å². The molecule has 1 aromatic rings. The Balaban J connectivity index is 3.17. The van der Waals surface area contributed by atoms with Crippen molar-refractivity contribution in [1.82, 2.24) is 0 Å². The molecule has 0 spiro atoms. The van der Waals surface area contributed by atoms with Crippen molar-refractivity contribution < 1.29 is 5.11 Å². The number of hydrogen-bond donors (Lipinski definition) is 1. The molecule has 0 fully saturated rings. The van der Waals surface area contributed by atoms with E-state index in [0.717, 1.165) is 29.0 Å². The minimum Gasteiger partial charge on any atom is -0.385 e. The molecule has 1 N–H and O–H groups in total. The van der Waals surface area contributed by atoms with E-state index in [1.54, 1.807) is 0 Å². The van der Waals surface area contributed by atoms with E-state index in [0.29, 0.717) is 0 Å². The number of aliphatic hydroxyl groups is 1. The monoisotopic (exact) mass is 212 g/mol. The molecule has 0 amide bonds. The molecule has 0 aliphatic carbocycles. The molecule has 0 aliphatic heterocycles. The van der Waals surface area contributed by atoms with Gasteiger partial charge in [-0.1, -0.05) is 31.5 Å². The molecule has 0 unspecified atom stereocenters. The maximum Gasteiger partial charge on any atom is 0.0893 e. The van der Waals surface area contributed by atoms with Crippen molar-refractivity contribution in [3.05, 3.63) is 34.3 Å². The average Bonchev–Trinajstić information content (AvgIpc) is 2.17. The molecule has 0 bridgehead atoms. The molecule has 0 saturated heterocycles. The largest absolute Gasteiger partial charge is 0.385 e. The van der Waals surface area contributed by atoms with Gasteiger partial charge in [-0.2, -0.15) is 0 Å². The maximum atomic E-state index is 10.3. The molecule has 0 saturated carbocycles. The van der Waals surface area contributed by atoms with E-state index in [1.165, 1.54) is 0 Å². The van der Waals surface area contributed by atoms with Crippen LogP contribution in [0.25, 0.3) is 0 Å². The third kappa shape index (κ3) is 2.10. The third-order valence-electron chi connectivity index (χ3n) is 2.86. The topological polar surface area (TPSA) is 20.2 Å². The SMILES string of the molecule is CCC(O)(CC)c1ccc(Cl)cc1C. The van der Waals surface area contributed by atoms with Crippen molar-refractivity contribution in [2.24, 2.45) is 0 Å². The summed E-state index contributed by atoms with van der Waals surface area (Å²) in [4.78, 5) is 0. The predicted octanol–water partition coefficient (Wildman–Crippen LogP) is 3.66. The fraction of sp³-hybridized carbons (Fsp3) is 0.500. The highest BCUT2D eigenvalue weighted by molar-refractivity contribution is 6.30. The van der Waals surface area contributed by atoms with Gasteiger partial charge in [0.1, 0.15) is 0 Å². The van der Waals surface area contributed by atoms with Crippen LogP contribution in [-0.2, 0) is 5.60 Å². The van der Waals surface area contributed by atoms with E-state index in [1.807, 2.05) is 39.0 Å². The molecule has 0 radical (unpaired) electrons. The first kappa shape index (κ1) is 11.5. The van der Waals surface area contributed by atoms with Gasteiger partial charge in [0, 0.05) is 5.02 Å². The summed E-state index contributed by atoms with van der Waals surface area (Å²) in [5.41, 5.74) is 1.35. The molecular weight excluding hydrogens is 196 g/mol. The Morgan fingerprint density at radius 1 is 1.29 bits per heavy atom. The smallest absolute Gasteiger partial charge is 0.0893 e. The van der Waals surface area contributed by atoms with Gasteiger partial charge >= 0.3 is 0 Å². The Morgan fingerprint density at radius 3 is 2.29 bits per heavy atom. The van der Waals surface area contributed by atoms with Gasteiger partial charge in [0.05, 0.1) is 5.60 Å². The van der Waals surface area contributed by atoms with Crippen LogP contribution < -0.4 is 0 Å². The number of benzene rings is 1. The van der Waals surface area contributed by atoms with Crippen LogP contribution in [0.1, 0.15) is 37.8 Å². The molecular formula is C12H17ClO. The molecule has 0 heterocycles. The van der Waals surface area contributed by atoms with Gasteiger partial charge in [-0.05, 0) is 43.0 Å². The van der Waals surface area contributed by atoms with Crippen LogP contribution in [0.5, 0.6) is 0 Å². The summed E-state index contributed by atoms with van der Waals surface area (Å²) in [5, 5.41) is 11.1. The van der Waals surface area contributed by atoms with Crippen LogP contribution in [0.3, 0.4) is 0 Å². The predicted molar refractivity (Wildman–Crippen MR) is 60.7 cm³/mol. The number of hydrogen-bond acceptors (Lipinski definition) is 1. The number of halogens is 1. The zero-order chi connectivity index (χ0) is 10.8. The highest BCUT2D eigenvalue weighted by atomic mass is 35.5. The Labute approximate surface area is 90.7 Å². The lowest BCUT2D eigenvalue weighted by Gasteiger charge is -2.27. The summed E-state index contributed by atoms with van der Waals surface area (Å²) < 4.78 is 0. The van der Waals surface area contributed by atoms with E-state index in [4.69, 9.17) is 11.6 Å². The van der Waals surface area contributed by atoms with Gasteiger partial charge in [0.2, 0.25) is 0 Å². The molecule has 0 atom stereocenters. The van der Waals surface area contributed by atoms with E-state index in [9.17, 15) is 5.11 Å². The zero-order valence-corrected chi connectivity index (χ0v) is 9.73.